The van der Waals surface area contributed by atoms with E-state index in [0.29, 0.717) is 21.5 Å². The van der Waals surface area contributed by atoms with Crippen molar-refractivity contribution in [2.24, 2.45) is 0 Å². The minimum Gasteiger partial charge on any atom is -0.252 e. The third-order valence-electron chi connectivity index (χ3n) is 5.02. The average molecular weight is 426 g/mol. The summed E-state index contributed by atoms with van der Waals surface area (Å²) in [6, 6.07) is 16.3. The van der Waals surface area contributed by atoms with Crippen LogP contribution in [0, 0.1) is 19.7 Å². The number of hydrogen-bond acceptors (Lipinski definition) is 3. The molecule has 0 atom stereocenters. The van der Waals surface area contributed by atoms with E-state index >= 15 is 0 Å². The van der Waals surface area contributed by atoms with Crippen LogP contribution in [0.25, 0.3) is 22.0 Å². The standard InChI is InChI=1S/C23H17ClFNO2S/c1-14-6-11-18(12-15(14)2)29(27,28)21-13-26-23-19(4-3-5-20(23)25)22(21)16-7-9-17(24)10-8-16/h3-13H,1-2H3. The Hall–Kier alpha value is -2.76. The van der Waals surface area contributed by atoms with Crippen LogP contribution in [0.4, 0.5) is 4.39 Å². The Balaban J connectivity index is 2.08. The molecule has 29 heavy (non-hydrogen) atoms. The van der Waals surface area contributed by atoms with Gasteiger partial charge in [0.25, 0.3) is 0 Å². The highest BCUT2D eigenvalue weighted by Crippen LogP contribution is 2.37. The molecule has 0 N–H and O–H groups in total. The van der Waals surface area contributed by atoms with Gasteiger partial charge in [-0.15, -0.1) is 0 Å². The van der Waals surface area contributed by atoms with Gasteiger partial charge in [0.15, 0.2) is 0 Å². The van der Waals surface area contributed by atoms with E-state index in [4.69, 9.17) is 11.6 Å². The number of sulfone groups is 1. The zero-order chi connectivity index (χ0) is 20.8. The molecule has 4 rings (SSSR count). The number of aryl methyl sites for hydroxylation is 2. The molecule has 0 unspecified atom stereocenters. The number of hydrogen-bond donors (Lipinski definition) is 0. The summed E-state index contributed by atoms with van der Waals surface area (Å²) >= 11 is 6.01. The Labute approximate surface area is 173 Å². The molecule has 0 saturated heterocycles. The van der Waals surface area contributed by atoms with Crippen LogP contribution in [0.2, 0.25) is 5.02 Å². The molecule has 0 aliphatic heterocycles. The van der Waals surface area contributed by atoms with Crippen molar-refractivity contribution in [2.75, 3.05) is 0 Å². The summed E-state index contributed by atoms with van der Waals surface area (Å²) < 4.78 is 41.4. The maximum Gasteiger partial charge on any atom is 0.208 e. The van der Waals surface area contributed by atoms with Gasteiger partial charge in [0.2, 0.25) is 9.84 Å². The lowest BCUT2D eigenvalue weighted by molar-refractivity contribution is 0.595. The number of para-hydroxylation sites is 1. The topological polar surface area (TPSA) is 47.0 Å². The third kappa shape index (κ3) is 3.41. The van der Waals surface area contributed by atoms with Crippen molar-refractivity contribution < 1.29 is 12.8 Å². The van der Waals surface area contributed by atoms with Gasteiger partial charge in [-0.05, 0) is 60.9 Å². The lowest BCUT2D eigenvalue weighted by atomic mass is 10.0. The van der Waals surface area contributed by atoms with E-state index < -0.39 is 15.7 Å². The SMILES string of the molecule is Cc1ccc(S(=O)(=O)c2cnc3c(F)cccc3c2-c2ccc(Cl)cc2)cc1C. The molecule has 0 radical (unpaired) electrons. The monoisotopic (exact) mass is 425 g/mol. The normalized spacial score (nSPS) is 11.7. The average Bonchev–Trinajstić information content (AvgIpc) is 2.70. The van der Waals surface area contributed by atoms with Gasteiger partial charge < -0.3 is 0 Å². The molecule has 0 fully saturated rings. The fourth-order valence-corrected chi connectivity index (χ4v) is 4.94. The van der Waals surface area contributed by atoms with Crippen LogP contribution in [0.3, 0.4) is 0 Å². The maximum atomic E-state index is 14.4. The first-order chi connectivity index (χ1) is 13.8. The lowest BCUT2D eigenvalue weighted by Crippen LogP contribution is -2.06. The van der Waals surface area contributed by atoms with Crippen molar-refractivity contribution in [1.29, 1.82) is 0 Å². The number of pyridine rings is 1. The van der Waals surface area contributed by atoms with E-state index in [1.54, 1.807) is 54.6 Å². The molecule has 3 nitrogen and oxygen atoms in total. The minimum absolute atomic E-state index is 0.0289. The Kier molecular flexibility index (Phi) is 4.89. The molecule has 6 heteroatoms. The quantitative estimate of drug-likeness (QED) is 0.396. The van der Waals surface area contributed by atoms with E-state index in [2.05, 4.69) is 4.98 Å². The Bertz CT molecular complexity index is 1350. The molecule has 0 spiro atoms. The van der Waals surface area contributed by atoms with E-state index in [-0.39, 0.29) is 15.3 Å². The van der Waals surface area contributed by atoms with E-state index in [1.165, 1.54) is 12.3 Å². The van der Waals surface area contributed by atoms with E-state index in [1.807, 2.05) is 13.8 Å². The summed E-state index contributed by atoms with van der Waals surface area (Å²) in [7, 11) is -3.89. The van der Waals surface area contributed by atoms with Crippen LogP contribution >= 0.6 is 11.6 Å². The second-order valence-corrected chi connectivity index (χ2v) is 9.24. The third-order valence-corrected chi connectivity index (χ3v) is 7.04. The highest BCUT2D eigenvalue weighted by Gasteiger charge is 2.25. The molecule has 4 aromatic rings. The van der Waals surface area contributed by atoms with Gasteiger partial charge in [0.1, 0.15) is 11.3 Å². The number of halogens is 2. The Morgan fingerprint density at radius 2 is 1.66 bits per heavy atom. The van der Waals surface area contributed by atoms with Crippen LogP contribution in [-0.2, 0) is 9.84 Å². The predicted molar refractivity (Wildman–Crippen MR) is 114 cm³/mol. The van der Waals surface area contributed by atoms with Crippen LogP contribution in [0.15, 0.2) is 76.7 Å². The number of aromatic nitrogens is 1. The zero-order valence-electron chi connectivity index (χ0n) is 15.8. The van der Waals surface area contributed by atoms with Gasteiger partial charge in [-0.25, -0.2) is 12.8 Å². The summed E-state index contributed by atoms with van der Waals surface area (Å²) in [5.74, 6) is -0.507. The lowest BCUT2D eigenvalue weighted by Gasteiger charge is -2.15. The van der Waals surface area contributed by atoms with Crippen molar-refractivity contribution in [3.63, 3.8) is 0 Å². The summed E-state index contributed by atoms with van der Waals surface area (Å²) in [6.45, 7) is 3.79. The molecule has 0 aliphatic rings. The molecule has 0 bridgehead atoms. The molecule has 0 aliphatic carbocycles. The number of fused-ring (bicyclic) bond motifs is 1. The molecule has 0 amide bonds. The van der Waals surface area contributed by atoms with E-state index in [0.717, 1.165) is 11.1 Å². The first-order valence-electron chi connectivity index (χ1n) is 8.94. The van der Waals surface area contributed by atoms with Crippen molar-refractivity contribution in [3.8, 4) is 11.1 Å². The molecule has 0 saturated carbocycles. The number of nitrogens with zero attached hydrogens (tertiary/aromatic N) is 1. The molecule has 1 aromatic heterocycles. The fraction of sp³-hybridized carbons (Fsp3) is 0.0870. The largest absolute Gasteiger partial charge is 0.252 e. The second kappa shape index (κ2) is 7.25. The fourth-order valence-electron chi connectivity index (χ4n) is 3.29. The van der Waals surface area contributed by atoms with Crippen LogP contribution in [0.1, 0.15) is 11.1 Å². The van der Waals surface area contributed by atoms with Crippen molar-refractivity contribution >= 4 is 32.3 Å². The van der Waals surface area contributed by atoms with Gasteiger partial charge in [0, 0.05) is 22.2 Å². The summed E-state index contributed by atoms with van der Waals surface area (Å²) in [5, 5.41) is 0.953. The maximum absolute atomic E-state index is 14.4. The van der Waals surface area contributed by atoms with Crippen molar-refractivity contribution in [2.45, 2.75) is 23.6 Å². The molecular formula is C23H17ClFNO2S. The van der Waals surface area contributed by atoms with Gasteiger partial charge in [-0.2, -0.15) is 0 Å². The number of rotatable bonds is 3. The highest BCUT2D eigenvalue weighted by molar-refractivity contribution is 7.91. The molecule has 1 heterocycles. The van der Waals surface area contributed by atoms with Gasteiger partial charge >= 0.3 is 0 Å². The Morgan fingerprint density at radius 3 is 2.34 bits per heavy atom. The van der Waals surface area contributed by atoms with Gasteiger partial charge in [-0.1, -0.05) is 41.9 Å². The zero-order valence-corrected chi connectivity index (χ0v) is 17.4. The van der Waals surface area contributed by atoms with Gasteiger partial charge in [-0.3, -0.25) is 4.98 Å². The predicted octanol–water partition coefficient (Wildman–Crippen LogP) is 6.14. The van der Waals surface area contributed by atoms with Crippen LogP contribution in [-0.4, -0.2) is 13.4 Å². The molecule has 146 valence electrons. The first-order valence-corrected chi connectivity index (χ1v) is 10.8. The molecular weight excluding hydrogens is 409 g/mol. The summed E-state index contributed by atoms with van der Waals surface area (Å²) in [5.41, 5.74) is 3.02. The Morgan fingerprint density at radius 1 is 0.931 bits per heavy atom. The number of benzene rings is 3. The van der Waals surface area contributed by atoms with Gasteiger partial charge in [0.05, 0.1) is 9.79 Å². The summed E-state index contributed by atoms with van der Waals surface area (Å²) in [4.78, 5) is 4.34. The van der Waals surface area contributed by atoms with Crippen molar-refractivity contribution in [1.82, 2.24) is 4.98 Å². The first kappa shape index (κ1) is 19.6. The van der Waals surface area contributed by atoms with Crippen molar-refractivity contribution in [3.05, 3.63) is 88.8 Å². The minimum atomic E-state index is -3.89. The van der Waals surface area contributed by atoms with E-state index in [9.17, 15) is 12.8 Å². The highest BCUT2D eigenvalue weighted by atomic mass is 35.5. The molecule has 3 aromatic carbocycles. The van der Waals surface area contributed by atoms with Crippen LogP contribution in [0.5, 0.6) is 0 Å². The van der Waals surface area contributed by atoms with Crippen LogP contribution < -0.4 is 0 Å². The second-order valence-electron chi connectivity index (χ2n) is 6.89. The smallest absolute Gasteiger partial charge is 0.208 e. The summed E-state index contributed by atoms with van der Waals surface area (Å²) in [6.07, 6.45) is 1.24.